The fourth-order valence-electron chi connectivity index (χ4n) is 3.05. The Morgan fingerprint density at radius 1 is 1.08 bits per heavy atom. The van der Waals surface area contributed by atoms with Crippen LogP contribution in [0.15, 0.2) is 54.7 Å². The molecule has 1 N–H and O–H groups in total. The van der Waals surface area contributed by atoms with Crippen LogP contribution >= 0.6 is 0 Å². The molecule has 0 radical (unpaired) electrons. The number of ether oxygens (including phenoxy) is 2. The molecule has 0 unspecified atom stereocenters. The van der Waals surface area contributed by atoms with Crippen molar-refractivity contribution in [3.8, 4) is 11.5 Å². The Kier molecular flexibility index (Phi) is 4.39. The molecule has 2 heterocycles. The fraction of sp³-hybridized carbons (Fsp3) is 0.250. The van der Waals surface area contributed by atoms with Gasteiger partial charge in [-0.05, 0) is 24.7 Å². The third-order valence-corrected chi connectivity index (χ3v) is 4.34. The number of benzene rings is 2. The Morgan fingerprint density at radius 2 is 1.88 bits per heavy atom. The van der Waals surface area contributed by atoms with Crippen molar-refractivity contribution in [1.82, 2.24) is 9.88 Å². The molecule has 5 nitrogen and oxygen atoms in total. The number of nitrogens with one attached hydrogen (secondary N) is 1. The van der Waals surface area contributed by atoms with Crippen LogP contribution < -0.4 is 14.8 Å². The molecule has 0 spiro atoms. The van der Waals surface area contributed by atoms with Crippen molar-refractivity contribution >= 4 is 16.6 Å². The second kappa shape index (κ2) is 6.99. The molecule has 0 saturated carbocycles. The van der Waals surface area contributed by atoms with E-state index in [4.69, 9.17) is 9.47 Å². The van der Waals surface area contributed by atoms with Crippen molar-refractivity contribution in [2.24, 2.45) is 0 Å². The molecule has 0 bridgehead atoms. The number of rotatable bonds is 6. The first-order valence-electron chi connectivity index (χ1n) is 8.44. The zero-order valence-corrected chi connectivity index (χ0v) is 14.2. The van der Waals surface area contributed by atoms with Crippen molar-refractivity contribution in [3.05, 3.63) is 60.3 Å². The van der Waals surface area contributed by atoms with Crippen molar-refractivity contribution in [2.75, 3.05) is 32.2 Å². The predicted molar refractivity (Wildman–Crippen MR) is 99.1 cm³/mol. The van der Waals surface area contributed by atoms with E-state index in [9.17, 15) is 0 Å². The first kappa shape index (κ1) is 15.7. The maximum Gasteiger partial charge on any atom is 0.231 e. The summed E-state index contributed by atoms with van der Waals surface area (Å²) in [6.45, 7) is 3.02. The molecule has 3 aromatic rings. The van der Waals surface area contributed by atoms with Crippen LogP contribution in [0.3, 0.4) is 0 Å². The topological polar surface area (TPSA) is 46.6 Å². The van der Waals surface area contributed by atoms with Crippen molar-refractivity contribution in [1.29, 1.82) is 0 Å². The summed E-state index contributed by atoms with van der Waals surface area (Å²) in [6, 6.07) is 16.5. The molecule has 1 aliphatic rings. The number of aromatic nitrogens is 1. The summed E-state index contributed by atoms with van der Waals surface area (Å²) in [5.74, 6) is 1.55. The molecule has 0 atom stereocenters. The largest absolute Gasteiger partial charge is 0.454 e. The highest BCUT2D eigenvalue weighted by atomic mass is 16.7. The lowest BCUT2D eigenvalue weighted by atomic mass is 10.1. The highest BCUT2D eigenvalue weighted by Gasteiger charge is 2.16. The van der Waals surface area contributed by atoms with Gasteiger partial charge in [-0.3, -0.25) is 4.98 Å². The summed E-state index contributed by atoms with van der Waals surface area (Å²) in [4.78, 5) is 6.74. The molecule has 0 aliphatic carbocycles. The third-order valence-electron chi connectivity index (χ3n) is 4.34. The predicted octanol–water partition coefficient (Wildman–Crippen LogP) is 3.51. The summed E-state index contributed by atoms with van der Waals surface area (Å²) in [5.41, 5.74) is 3.30. The first-order chi connectivity index (χ1) is 12.3. The Bertz CT molecular complexity index is 867. The molecular formula is C20H21N3O2. The van der Waals surface area contributed by atoms with Gasteiger partial charge in [-0.15, -0.1) is 0 Å². The summed E-state index contributed by atoms with van der Waals surface area (Å²) in [7, 11) is 2.14. The second-order valence-corrected chi connectivity index (χ2v) is 6.23. The van der Waals surface area contributed by atoms with Crippen molar-refractivity contribution in [3.63, 3.8) is 0 Å². The summed E-state index contributed by atoms with van der Waals surface area (Å²) in [5, 5.41) is 4.57. The van der Waals surface area contributed by atoms with Gasteiger partial charge in [0.2, 0.25) is 6.79 Å². The van der Waals surface area contributed by atoms with E-state index in [-0.39, 0.29) is 6.79 Å². The minimum Gasteiger partial charge on any atom is -0.454 e. The number of nitrogens with zero attached hydrogens (tertiary/aromatic N) is 2. The molecule has 4 rings (SSSR count). The van der Waals surface area contributed by atoms with Gasteiger partial charge < -0.3 is 19.7 Å². The number of hydrogen-bond acceptors (Lipinski definition) is 5. The van der Waals surface area contributed by atoms with E-state index in [0.717, 1.165) is 47.7 Å². The van der Waals surface area contributed by atoms with Crippen LogP contribution in [0.5, 0.6) is 11.5 Å². The maximum atomic E-state index is 5.48. The van der Waals surface area contributed by atoms with Gasteiger partial charge in [0, 0.05) is 43.0 Å². The van der Waals surface area contributed by atoms with Gasteiger partial charge in [0.1, 0.15) is 0 Å². The van der Waals surface area contributed by atoms with Crippen LogP contribution in [0.2, 0.25) is 0 Å². The zero-order chi connectivity index (χ0) is 17.1. The van der Waals surface area contributed by atoms with Gasteiger partial charge in [0.05, 0.1) is 5.52 Å². The molecule has 128 valence electrons. The maximum absolute atomic E-state index is 5.48. The number of pyridine rings is 1. The second-order valence-electron chi connectivity index (χ2n) is 6.23. The summed E-state index contributed by atoms with van der Waals surface area (Å²) >= 11 is 0. The minimum atomic E-state index is 0.276. The average Bonchev–Trinajstić information content (AvgIpc) is 3.08. The number of fused-ring (bicyclic) bond motifs is 2. The van der Waals surface area contributed by atoms with E-state index in [1.807, 2.05) is 30.5 Å². The lowest BCUT2D eigenvalue weighted by Crippen LogP contribution is -2.24. The van der Waals surface area contributed by atoms with Crippen LogP contribution in [0, 0.1) is 0 Å². The Morgan fingerprint density at radius 3 is 2.72 bits per heavy atom. The van der Waals surface area contributed by atoms with Gasteiger partial charge in [0.25, 0.3) is 0 Å². The molecule has 0 fully saturated rings. The molecule has 1 aliphatic heterocycles. The highest BCUT2D eigenvalue weighted by Crippen LogP contribution is 2.37. The van der Waals surface area contributed by atoms with Crippen LogP contribution in [-0.2, 0) is 6.54 Å². The lowest BCUT2D eigenvalue weighted by Gasteiger charge is -2.18. The summed E-state index contributed by atoms with van der Waals surface area (Å²) in [6.07, 6.45) is 1.82. The van der Waals surface area contributed by atoms with E-state index in [2.05, 4.69) is 46.5 Å². The SMILES string of the molecule is CN(CCNc1ccnc2cc3c(cc12)OCO3)Cc1ccccc1. The van der Waals surface area contributed by atoms with E-state index < -0.39 is 0 Å². The third kappa shape index (κ3) is 3.51. The van der Waals surface area contributed by atoms with E-state index in [0.29, 0.717) is 0 Å². The van der Waals surface area contributed by atoms with Gasteiger partial charge in [0.15, 0.2) is 11.5 Å². The number of likely N-dealkylation sites (N-methyl/N-ethyl adjacent to an activating group) is 1. The van der Waals surface area contributed by atoms with E-state index in [1.54, 1.807) is 0 Å². The van der Waals surface area contributed by atoms with Crippen molar-refractivity contribution < 1.29 is 9.47 Å². The molecule has 5 heteroatoms. The highest BCUT2D eigenvalue weighted by molar-refractivity contribution is 5.93. The molecule has 25 heavy (non-hydrogen) atoms. The fourth-order valence-corrected chi connectivity index (χ4v) is 3.05. The van der Waals surface area contributed by atoms with Crippen LogP contribution in [0.25, 0.3) is 10.9 Å². The van der Waals surface area contributed by atoms with Gasteiger partial charge in [-0.1, -0.05) is 30.3 Å². The smallest absolute Gasteiger partial charge is 0.231 e. The van der Waals surface area contributed by atoms with Crippen molar-refractivity contribution in [2.45, 2.75) is 6.54 Å². The number of anilines is 1. The minimum absolute atomic E-state index is 0.276. The van der Waals surface area contributed by atoms with Gasteiger partial charge >= 0.3 is 0 Å². The Balaban J connectivity index is 1.41. The lowest BCUT2D eigenvalue weighted by molar-refractivity contribution is 0.174. The standard InChI is InChI=1S/C20H21N3O2/c1-23(13-15-5-3-2-4-6-15)10-9-22-17-7-8-21-18-12-20-19(11-16(17)18)24-14-25-20/h2-8,11-12H,9-10,13-14H2,1H3,(H,21,22). The quantitative estimate of drug-likeness (QED) is 0.747. The van der Waals surface area contributed by atoms with Crippen LogP contribution in [0.1, 0.15) is 5.56 Å². The zero-order valence-electron chi connectivity index (χ0n) is 14.2. The van der Waals surface area contributed by atoms with E-state index >= 15 is 0 Å². The molecular weight excluding hydrogens is 314 g/mol. The monoisotopic (exact) mass is 335 g/mol. The Hall–Kier alpha value is -2.79. The normalized spacial score (nSPS) is 12.7. The molecule has 1 aromatic heterocycles. The molecule has 2 aromatic carbocycles. The number of hydrogen-bond donors (Lipinski definition) is 1. The molecule has 0 amide bonds. The first-order valence-corrected chi connectivity index (χ1v) is 8.44. The van der Waals surface area contributed by atoms with Crippen LogP contribution in [-0.4, -0.2) is 36.8 Å². The van der Waals surface area contributed by atoms with Crippen LogP contribution in [0.4, 0.5) is 5.69 Å². The van der Waals surface area contributed by atoms with Gasteiger partial charge in [-0.25, -0.2) is 0 Å². The molecule has 0 saturated heterocycles. The summed E-state index contributed by atoms with van der Waals surface area (Å²) < 4.78 is 10.9. The van der Waals surface area contributed by atoms with E-state index in [1.165, 1.54) is 5.56 Å². The van der Waals surface area contributed by atoms with Gasteiger partial charge in [-0.2, -0.15) is 0 Å². The average molecular weight is 335 g/mol. The Labute approximate surface area is 147 Å².